The standard InChI is InChI=1S/C18H12BrN3O5/c1-21-7-6-20-18(21)17(24)11-2-5-16(15(9-11)22(25)26)27-13-3-4-14(19)12(8-13)10-23/h2-10H,1H3. The van der Waals surface area contributed by atoms with Crippen LogP contribution in [0.4, 0.5) is 5.69 Å². The summed E-state index contributed by atoms with van der Waals surface area (Å²) in [6, 6.07) is 8.53. The van der Waals surface area contributed by atoms with Crippen LogP contribution in [-0.4, -0.2) is 26.5 Å². The third kappa shape index (κ3) is 3.77. The molecular weight excluding hydrogens is 418 g/mol. The van der Waals surface area contributed by atoms with Gasteiger partial charge in [-0.05, 0) is 30.3 Å². The van der Waals surface area contributed by atoms with Gasteiger partial charge in [0.15, 0.2) is 12.1 Å². The van der Waals surface area contributed by atoms with Crippen molar-refractivity contribution in [1.82, 2.24) is 9.55 Å². The highest BCUT2D eigenvalue weighted by atomic mass is 79.9. The number of carbonyl (C=O) groups is 2. The van der Waals surface area contributed by atoms with Gasteiger partial charge in [-0.2, -0.15) is 0 Å². The van der Waals surface area contributed by atoms with E-state index >= 15 is 0 Å². The highest BCUT2D eigenvalue weighted by molar-refractivity contribution is 9.10. The van der Waals surface area contributed by atoms with Crippen LogP contribution in [0.2, 0.25) is 0 Å². The van der Waals surface area contributed by atoms with Crippen molar-refractivity contribution >= 4 is 33.7 Å². The van der Waals surface area contributed by atoms with Crippen LogP contribution < -0.4 is 4.74 Å². The fraction of sp³-hybridized carbons (Fsp3) is 0.0556. The molecule has 3 aromatic rings. The van der Waals surface area contributed by atoms with E-state index in [2.05, 4.69) is 20.9 Å². The van der Waals surface area contributed by atoms with E-state index in [9.17, 15) is 19.7 Å². The zero-order valence-corrected chi connectivity index (χ0v) is 15.5. The zero-order valence-electron chi connectivity index (χ0n) is 14.0. The average Bonchev–Trinajstić information content (AvgIpc) is 3.08. The number of nitro benzene ring substituents is 1. The van der Waals surface area contributed by atoms with Crippen LogP contribution in [-0.2, 0) is 7.05 Å². The smallest absolute Gasteiger partial charge is 0.312 e. The molecule has 0 unspecified atom stereocenters. The highest BCUT2D eigenvalue weighted by Gasteiger charge is 2.22. The Morgan fingerprint density at radius 1 is 1.30 bits per heavy atom. The van der Waals surface area contributed by atoms with E-state index in [1.807, 2.05) is 0 Å². The Bertz CT molecular complexity index is 1060. The van der Waals surface area contributed by atoms with Gasteiger partial charge >= 0.3 is 5.69 Å². The van der Waals surface area contributed by atoms with Crippen molar-refractivity contribution in [2.45, 2.75) is 0 Å². The van der Waals surface area contributed by atoms with E-state index in [0.29, 0.717) is 16.3 Å². The molecule has 0 aliphatic carbocycles. The van der Waals surface area contributed by atoms with Crippen LogP contribution in [0.25, 0.3) is 0 Å². The van der Waals surface area contributed by atoms with Gasteiger partial charge < -0.3 is 9.30 Å². The number of rotatable bonds is 6. The van der Waals surface area contributed by atoms with Crippen LogP contribution in [0.15, 0.2) is 53.3 Å². The Hall–Kier alpha value is -3.33. The van der Waals surface area contributed by atoms with Gasteiger partial charge in [0, 0.05) is 41.1 Å². The molecule has 0 aliphatic rings. The lowest BCUT2D eigenvalue weighted by Gasteiger charge is -2.09. The number of aryl methyl sites for hydroxylation is 1. The average molecular weight is 430 g/mol. The van der Waals surface area contributed by atoms with Crippen LogP contribution in [0.1, 0.15) is 26.5 Å². The number of ether oxygens (including phenoxy) is 1. The van der Waals surface area contributed by atoms with Crippen molar-refractivity contribution in [1.29, 1.82) is 0 Å². The van der Waals surface area contributed by atoms with Gasteiger partial charge in [-0.1, -0.05) is 15.9 Å². The number of ketones is 1. The second kappa shape index (κ2) is 7.50. The van der Waals surface area contributed by atoms with E-state index < -0.39 is 10.7 Å². The first-order valence-electron chi connectivity index (χ1n) is 7.63. The maximum absolute atomic E-state index is 12.5. The first-order chi connectivity index (χ1) is 12.9. The van der Waals surface area contributed by atoms with Gasteiger partial charge in [0.1, 0.15) is 5.75 Å². The minimum Gasteiger partial charge on any atom is -0.450 e. The third-order valence-electron chi connectivity index (χ3n) is 3.76. The van der Waals surface area contributed by atoms with Gasteiger partial charge in [-0.3, -0.25) is 19.7 Å². The largest absolute Gasteiger partial charge is 0.450 e. The third-order valence-corrected chi connectivity index (χ3v) is 4.49. The molecule has 0 spiro atoms. The first kappa shape index (κ1) is 18.5. The molecule has 1 heterocycles. The van der Waals surface area contributed by atoms with E-state index in [4.69, 9.17) is 4.74 Å². The van der Waals surface area contributed by atoms with Crippen molar-refractivity contribution in [2.24, 2.45) is 7.05 Å². The number of halogens is 1. The summed E-state index contributed by atoms with van der Waals surface area (Å²) in [5.41, 5.74) is 0.0927. The van der Waals surface area contributed by atoms with Gasteiger partial charge in [0.05, 0.1) is 4.92 Å². The topological polar surface area (TPSA) is 104 Å². The van der Waals surface area contributed by atoms with Crippen molar-refractivity contribution < 1.29 is 19.2 Å². The molecule has 0 saturated carbocycles. The minimum atomic E-state index is -0.635. The van der Waals surface area contributed by atoms with Crippen LogP contribution in [0.5, 0.6) is 11.5 Å². The number of nitro groups is 1. The lowest BCUT2D eigenvalue weighted by molar-refractivity contribution is -0.385. The molecule has 0 fully saturated rings. The molecular formula is C18H12BrN3O5. The molecule has 0 radical (unpaired) electrons. The number of aromatic nitrogens is 2. The lowest BCUT2D eigenvalue weighted by Crippen LogP contribution is -2.09. The maximum Gasteiger partial charge on any atom is 0.312 e. The summed E-state index contributed by atoms with van der Waals surface area (Å²) in [7, 11) is 1.66. The van der Waals surface area contributed by atoms with Crippen LogP contribution in [0, 0.1) is 10.1 Å². The van der Waals surface area contributed by atoms with Crippen molar-refractivity contribution in [3.05, 3.63) is 80.3 Å². The molecule has 3 rings (SSSR count). The molecule has 0 atom stereocenters. The minimum absolute atomic E-state index is 0.0458. The van der Waals surface area contributed by atoms with Crippen molar-refractivity contribution in [2.75, 3.05) is 0 Å². The summed E-state index contributed by atoms with van der Waals surface area (Å²) in [5.74, 6) is -0.0623. The van der Waals surface area contributed by atoms with Crippen molar-refractivity contribution in [3.8, 4) is 11.5 Å². The van der Waals surface area contributed by atoms with Gasteiger partial charge in [-0.15, -0.1) is 0 Å². The Balaban J connectivity index is 1.97. The Kier molecular flexibility index (Phi) is 5.13. The molecule has 136 valence electrons. The van der Waals surface area contributed by atoms with E-state index in [-0.39, 0.29) is 28.6 Å². The summed E-state index contributed by atoms with van der Waals surface area (Å²) in [4.78, 5) is 38.3. The summed E-state index contributed by atoms with van der Waals surface area (Å²) in [5, 5.41) is 11.4. The second-order valence-electron chi connectivity index (χ2n) is 5.53. The normalized spacial score (nSPS) is 10.4. The lowest BCUT2D eigenvalue weighted by atomic mass is 10.1. The summed E-state index contributed by atoms with van der Waals surface area (Å²) >= 11 is 3.22. The molecule has 8 nitrogen and oxygen atoms in total. The fourth-order valence-corrected chi connectivity index (χ4v) is 2.74. The van der Waals surface area contributed by atoms with Crippen LogP contribution in [0.3, 0.4) is 0 Å². The predicted molar refractivity (Wildman–Crippen MR) is 99.3 cm³/mol. The number of carbonyl (C=O) groups excluding carboxylic acids is 2. The number of nitrogens with zero attached hydrogens (tertiary/aromatic N) is 3. The van der Waals surface area contributed by atoms with Crippen molar-refractivity contribution in [3.63, 3.8) is 0 Å². The number of hydrogen-bond acceptors (Lipinski definition) is 6. The predicted octanol–water partition coefficient (Wildman–Crippen LogP) is 3.93. The number of imidazole rings is 1. The molecule has 0 bridgehead atoms. The molecule has 9 heteroatoms. The number of hydrogen-bond donors (Lipinski definition) is 0. The van der Waals surface area contributed by atoms with E-state index in [0.717, 1.165) is 6.07 Å². The molecule has 1 aromatic heterocycles. The molecule has 0 aliphatic heterocycles. The quantitative estimate of drug-likeness (QED) is 0.254. The number of benzene rings is 2. The summed E-state index contributed by atoms with van der Waals surface area (Å²) in [6.07, 6.45) is 3.72. The second-order valence-corrected chi connectivity index (χ2v) is 6.39. The molecule has 2 aromatic carbocycles. The molecule has 0 amide bonds. The highest BCUT2D eigenvalue weighted by Crippen LogP contribution is 2.33. The summed E-state index contributed by atoms with van der Waals surface area (Å²) < 4.78 is 7.67. The Labute approximate surface area is 161 Å². The van der Waals surface area contributed by atoms with Gasteiger partial charge in [0.2, 0.25) is 11.5 Å². The van der Waals surface area contributed by atoms with Gasteiger partial charge in [-0.25, -0.2) is 4.98 Å². The van der Waals surface area contributed by atoms with Crippen LogP contribution >= 0.6 is 15.9 Å². The maximum atomic E-state index is 12.5. The van der Waals surface area contributed by atoms with Gasteiger partial charge in [0.25, 0.3) is 0 Å². The zero-order chi connectivity index (χ0) is 19.6. The molecule has 0 saturated heterocycles. The SMILES string of the molecule is Cn1ccnc1C(=O)c1ccc(Oc2ccc(Br)c(C=O)c2)c([N+](=O)[O-])c1. The fourth-order valence-electron chi connectivity index (χ4n) is 2.40. The Morgan fingerprint density at radius 2 is 2.07 bits per heavy atom. The number of aldehydes is 1. The molecule has 27 heavy (non-hydrogen) atoms. The van der Waals surface area contributed by atoms with E-state index in [1.54, 1.807) is 25.4 Å². The first-order valence-corrected chi connectivity index (χ1v) is 8.43. The Morgan fingerprint density at radius 3 is 2.70 bits per heavy atom. The van der Waals surface area contributed by atoms with E-state index in [1.165, 1.54) is 29.0 Å². The molecule has 0 N–H and O–H groups in total. The summed E-state index contributed by atoms with van der Waals surface area (Å²) in [6.45, 7) is 0. The monoisotopic (exact) mass is 429 g/mol.